The van der Waals surface area contributed by atoms with Crippen LogP contribution in [0.3, 0.4) is 0 Å². The first-order valence-electron chi connectivity index (χ1n) is 13.4. The highest BCUT2D eigenvalue weighted by Gasteiger charge is 2.42. The fourth-order valence-electron chi connectivity index (χ4n) is 5.30. The number of anilines is 2. The summed E-state index contributed by atoms with van der Waals surface area (Å²) in [4.78, 5) is 19.2. The van der Waals surface area contributed by atoms with Crippen molar-refractivity contribution in [3.05, 3.63) is 113 Å². The number of aromatic nitrogens is 2. The Morgan fingerprint density at radius 2 is 1.77 bits per heavy atom. The maximum Gasteiger partial charge on any atom is 0.226 e. The van der Waals surface area contributed by atoms with Crippen LogP contribution >= 0.6 is 12.2 Å². The lowest BCUT2D eigenvalue weighted by molar-refractivity contribution is -0.118. The second kappa shape index (κ2) is 11.0. The molecule has 1 aliphatic heterocycles. The molecule has 0 bridgehead atoms. The number of amides is 1. The van der Waals surface area contributed by atoms with Gasteiger partial charge in [-0.25, -0.2) is 0 Å². The highest BCUT2D eigenvalue weighted by molar-refractivity contribution is 7.80. The molecule has 2 unspecified atom stereocenters. The van der Waals surface area contributed by atoms with Gasteiger partial charge in [0.15, 0.2) is 5.11 Å². The van der Waals surface area contributed by atoms with Crippen molar-refractivity contribution in [2.45, 2.75) is 53.2 Å². The number of aryl methyl sites for hydroxylation is 2. The van der Waals surface area contributed by atoms with Crippen LogP contribution in [-0.2, 0) is 11.3 Å². The quantitative estimate of drug-likeness (QED) is 0.259. The Morgan fingerprint density at radius 1 is 1.03 bits per heavy atom. The van der Waals surface area contributed by atoms with E-state index in [1.54, 1.807) is 0 Å². The minimum atomic E-state index is -0.120. The predicted molar refractivity (Wildman–Crippen MR) is 162 cm³/mol. The first kappa shape index (κ1) is 26.6. The topological polar surface area (TPSA) is 62.2 Å². The molecule has 1 aliphatic rings. The average molecular weight is 538 g/mol. The summed E-state index contributed by atoms with van der Waals surface area (Å²) in [6, 6.07) is 24.7. The minimum Gasteiger partial charge on any atom is -0.351 e. The van der Waals surface area contributed by atoms with Gasteiger partial charge in [-0.2, -0.15) is 0 Å². The van der Waals surface area contributed by atoms with Crippen molar-refractivity contribution < 1.29 is 4.79 Å². The normalized spacial score (nSPS) is 17.0. The van der Waals surface area contributed by atoms with Crippen LogP contribution in [0.4, 0.5) is 11.4 Å². The first-order valence-corrected chi connectivity index (χ1v) is 13.8. The highest BCUT2D eigenvalue weighted by Crippen LogP contribution is 2.44. The Bertz CT molecular complexity index is 1500. The maximum absolute atomic E-state index is 12.3. The van der Waals surface area contributed by atoms with E-state index in [2.05, 4.69) is 76.4 Å². The molecule has 5 rings (SSSR count). The van der Waals surface area contributed by atoms with Gasteiger partial charge in [0.2, 0.25) is 5.91 Å². The third kappa shape index (κ3) is 5.32. The molecule has 2 aromatic carbocycles. The van der Waals surface area contributed by atoms with E-state index >= 15 is 0 Å². The summed E-state index contributed by atoms with van der Waals surface area (Å²) >= 11 is 5.96. The van der Waals surface area contributed by atoms with Gasteiger partial charge in [-0.15, -0.1) is 0 Å². The highest BCUT2D eigenvalue weighted by atomic mass is 32.1. The summed E-state index contributed by atoms with van der Waals surface area (Å²) in [5.41, 5.74) is 8.60. The summed E-state index contributed by atoms with van der Waals surface area (Å²) in [5.74, 6) is -0.0859. The van der Waals surface area contributed by atoms with E-state index in [-0.39, 0.29) is 23.9 Å². The van der Waals surface area contributed by atoms with Crippen LogP contribution in [0.5, 0.6) is 0 Å². The molecule has 6 nitrogen and oxygen atoms in total. The van der Waals surface area contributed by atoms with E-state index in [0.29, 0.717) is 5.11 Å². The van der Waals surface area contributed by atoms with E-state index in [1.807, 2.05) is 57.3 Å². The van der Waals surface area contributed by atoms with E-state index in [0.717, 1.165) is 29.2 Å². The molecule has 3 heterocycles. The molecule has 0 radical (unpaired) electrons. The third-order valence-electron chi connectivity index (χ3n) is 7.48. The van der Waals surface area contributed by atoms with Crippen LogP contribution in [-0.4, -0.2) is 20.6 Å². The Hall–Kier alpha value is -3.97. The second-order valence-electron chi connectivity index (χ2n) is 10.5. The standard InChI is InChI=1S/C32H35N5OS/c1-20(2)31(38)34-27-15-14-25(17-21(27)3)37-30(29(35-32(37)39)28-13-9-10-16-33-28)26-18-22(4)36(23(26)5)19-24-11-7-6-8-12-24/h6-18,20,29-30H,19H2,1-5H3,(H,34,38)(H,35,39). The van der Waals surface area contributed by atoms with Crippen LogP contribution in [0, 0.1) is 26.7 Å². The van der Waals surface area contributed by atoms with Gasteiger partial charge < -0.3 is 20.1 Å². The molecule has 1 amide bonds. The zero-order valence-corrected chi connectivity index (χ0v) is 23.9. The SMILES string of the molecule is Cc1cc(N2C(=S)NC(c3ccccn3)C2c2cc(C)n(Cc3ccccc3)c2C)ccc1NC(=O)C(C)C. The molecular weight excluding hydrogens is 502 g/mol. The molecule has 1 saturated heterocycles. The fraction of sp³-hybridized carbons (Fsp3) is 0.281. The lowest BCUT2D eigenvalue weighted by Gasteiger charge is -2.29. The van der Waals surface area contributed by atoms with Crippen LogP contribution in [0.25, 0.3) is 0 Å². The number of benzene rings is 2. The summed E-state index contributed by atoms with van der Waals surface area (Å²) in [5, 5.41) is 7.26. The molecule has 39 heavy (non-hydrogen) atoms. The number of rotatable bonds is 7. The van der Waals surface area contributed by atoms with Gasteiger partial charge in [-0.3, -0.25) is 9.78 Å². The van der Waals surface area contributed by atoms with Gasteiger partial charge in [0.05, 0.1) is 17.8 Å². The lowest BCUT2D eigenvalue weighted by atomic mass is 9.96. The molecule has 0 saturated carbocycles. The van der Waals surface area contributed by atoms with Crippen molar-refractivity contribution in [1.29, 1.82) is 0 Å². The van der Waals surface area contributed by atoms with Gasteiger partial charge in [0, 0.05) is 41.4 Å². The van der Waals surface area contributed by atoms with Crippen molar-refractivity contribution in [3.8, 4) is 0 Å². The number of nitrogens with one attached hydrogen (secondary N) is 2. The predicted octanol–water partition coefficient (Wildman–Crippen LogP) is 6.63. The van der Waals surface area contributed by atoms with Gasteiger partial charge in [-0.05, 0) is 86.1 Å². The van der Waals surface area contributed by atoms with E-state index in [9.17, 15) is 4.79 Å². The van der Waals surface area contributed by atoms with Crippen LogP contribution in [0.2, 0.25) is 0 Å². The van der Waals surface area contributed by atoms with Gasteiger partial charge >= 0.3 is 0 Å². The zero-order chi connectivity index (χ0) is 27.7. The molecule has 2 aromatic heterocycles. The van der Waals surface area contributed by atoms with Crippen molar-refractivity contribution in [1.82, 2.24) is 14.9 Å². The van der Waals surface area contributed by atoms with Crippen LogP contribution in [0.15, 0.2) is 79.0 Å². The first-order chi connectivity index (χ1) is 18.7. The molecule has 0 aliphatic carbocycles. The molecule has 2 atom stereocenters. The largest absolute Gasteiger partial charge is 0.351 e. The van der Waals surface area contributed by atoms with Crippen molar-refractivity contribution in [2.75, 3.05) is 10.2 Å². The zero-order valence-electron chi connectivity index (χ0n) is 23.1. The van der Waals surface area contributed by atoms with Crippen molar-refractivity contribution in [3.63, 3.8) is 0 Å². The van der Waals surface area contributed by atoms with E-state index < -0.39 is 0 Å². The summed E-state index contributed by atoms with van der Waals surface area (Å²) in [7, 11) is 0. The average Bonchev–Trinajstić information content (AvgIpc) is 3.41. The number of carbonyl (C=O) groups excluding carboxylic acids is 1. The van der Waals surface area contributed by atoms with E-state index in [4.69, 9.17) is 17.2 Å². The number of thiocarbonyl (C=S) groups is 1. The molecule has 4 aromatic rings. The van der Waals surface area contributed by atoms with Crippen LogP contribution in [0.1, 0.15) is 59.7 Å². The van der Waals surface area contributed by atoms with Gasteiger partial charge in [0.25, 0.3) is 0 Å². The number of nitrogens with zero attached hydrogens (tertiary/aromatic N) is 3. The Kier molecular flexibility index (Phi) is 7.53. The summed E-state index contributed by atoms with van der Waals surface area (Å²) in [6.45, 7) is 11.0. The number of hydrogen-bond donors (Lipinski definition) is 2. The van der Waals surface area contributed by atoms with Gasteiger partial charge in [0.1, 0.15) is 0 Å². The Labute approximate surface area is 236 Å². The number of carbonyl (C=O) groups is 1. The molecule has 200 valence electrons. The molecule has 0 spiro atoms. The fourth-order valence-corrected chi connectivity index (χ4v) is 5.65. The van der Waals surface area contributed by atoms with Gasteiger partial charge in [-0.1, -0.05) is 50.2 Å². The monoisotopic (exact) mass is 537 g/mol. The molecule has 2 N–H and O–H groups in total. The summed E-state index contributed by atoms with van der Waals surface area (Å²) < 4.78 is 2.37. The second-order valence-corrected chi connectivity index (χ2v) is 10.9. The number of pyridine rings is 1. The van der Waals surface area contributed by atoms with Crippen molar-refractivity contribution in [2.24, 2.45) is 5.92 Å². The maximum atomic E-state index is 12.3. The van der Waals surface area contributed by atoms with E-state index in [1.165, 1.54) is 22.5 Å². The third-order valence-corrected chi connectivity index (χ3v) is 7.80. The smallest absolute Gasteiger partial charge is 0.226 e. The lowest BCUT2D eigenvalue weighted by Crippen LogP contribution is -2.29. The van der Waals surface area contributed by atoms with Crippen LogP contribution < -0.4 is 15.5 Å². The Morgan fingerprint density at radius 3 is 2.44 bits per heavy atom. The Balaban J connectivity index is 1.57. The summed E-state index contributed by atoms with van der Waals surface area (Å²) in [6.07, 6.45) is 1.83. The molecule has 7 heteroatoms. The number of hydrogen-bond acceptors (Lipinski definition) is 3. The minimum absolute atomic E-state index is 0.00292. The molecular formula is C32H35N5OS. The molecule has 1 fully saturated rings. The van der Waals surface area contributed by atoms with Crippen molar-refractivity contribution >= 4 is 34.6 Å².